The molecule has 1 aromatic heterocycles. The van der Waals surface area contributed by atoms with Gasteiger partial charge in [0.25, 0.3) is 0 Å². The molecule has 16 heavy (non-hydrogen) atoms. The predicted molar refractivity (Wildman–Crippen MR) is 66.5 cm³/mol. The minimum atomic E-state index is -0.642. The Morgan fingerprint density at radius 1 is 1.12 bits per heavy atom. The molecule has 1 heterocycles. The van der Waals surface area contributed by atoms with Crippen molar-refractivity contribution >= 4 is 11.8 Å². The van der Waals surface area contributed by atoms with Gasteiger partial charge < -0.3 is 5.11 Å². The van der Waals surface area contributed by atoms with Crippen molar-refractivity contribution in [3.8, 4) is 0 Å². The highest BCUT2D eigenvalue weighted by atomic mass is 32.2. The van der Waals surface area contributed by atoms with Crippen molar-refractivity contribution in [2.75, 3.05) is 6.26 Å². The quantitative estimate of drug-likeness (QED) is 0.824. The van der Waals surface area contributed by atoms with E-state index in [1.807, 2.05) is 48.7 Å². The van der Waals surface area contributed by atoms with Crippen LogP contribution < -0.4 is 0 Å². The maximum atomic E-state index is 10.1. The number of aliphatic hydroxyl groups excluding tert-OH is 1. The van der Waals surface area contributed by atoms with Gasteiger partial charge in [0, 0.05) is 11.1 Å². The normalized spacial score (nSPS) is 12.4. The van der Waals surface area contributed by atoms with E-state index in [1.54, 1.807) is 18.0 Å². The molecule has 0 amide bonds. The molecule has 0 radical (unpaired) electrons. The van der Waals surface area contributed by atoms with E-state index in [-0.39, 0.29) is 0 Å². The second kappa shape index (κ2) is 5.14. The molecule has 82 valence electrons. The molecule has 1 aromatic carbocycles. The van der Waals surface area contributed by atoms with Crippen LogP contribution in [0.4, 0.5) is 0 Å². The molecule has 0 bridgehead atoms. The van der Waals surface area contributed by atoms with Crippen molar-refractivity contribution < 1.29 is 5.11 Å². The summed E-state index contributed by atoms with van der Waals surface area (Å²) >= 11 is 1.69. The lowest BCUT2D eigenvalue weighted by atomic mass is 10.1. The molecule has 2 nitrogen and oxygen atoms in total. The maximum Gasteiger partial charge on any atom is 0.121 e. The fourth-order valence-electron chi connectivity index (χ4n) is 1.49. The van der Waals surface area contributed by atoms with E-state index < -0.39 is 6.10 Å². The summed E-state index contributed by atoms with van der Waals surface area (Å²) in [6, 6.07) is 13.4. The number of aromatic nitrogens is 1. The number of hydrogen-bond acceptors (Lipinski definition) is 3. The standard InChI is InChI=1S/C13H13NOS/c1-16-11-7-5-10(6-8-11)13(15)12-4-2-3-9-14-12/h2-9,13,15H,1H3/t13-/m1/s1. The lowest BCUT2D eigenvalue weighted by molar-refractivity contribution is 0.215. The second-order valence-corrected chi connectivity index (χ2v) is 4.31. The molecule has 0 fully saturated rings. The molecular formula is C13H13NOS. The molecule has 2 aromatic rings. The lowest BCUT2D eigenvalue weighted by Gasteiger charge is -2.10. The molecule has 0 aliphatic carbocycles. The molecule has 2 rings (SSSR count). The van der Waals surface area contributed by atoms with E-state index in [4.69, 9.17) is 0 Å². The topological polar surface area (TPSA) is 33.1 Å². The Morgan fingerprint density at radius 3 is 2.44 bits per heavy atom. The van der Waals surface area contributed by atoms with Crippen molar-refractivity contribution in [2.45, 2.75) is 11.0 Å². The average molecular weight is 231 g/mol. The molecule has 0 spiro atoms. The summed E-state index contributed by atoms with van der Waals surface area (Å²) in [5, 5.41) is 10.1. The van der Waals surface area contributed by atoms with Gasteiger partial charge in [-0.3, -0.25) is 4.98 Å². The van der Waals surface area contributed by atoms with Crippen molar-refractivity contribution in [1.29, 1.82) is 0 Å². The summed E-state index contributed by atoms with van der Waals surface area (Å²) in [6.45, 7) is 0. The first-order valence-electron chi connectivity index (χ1n) is 5.04. The van der Waals surface area contributed by atoms with Gasteiger partial charge in [-0.15, -0.1) is 11.8 Å². The van der Waals surface area contributed by atoms with Crippen molar-refractivity contribution in [3.63, 3.8) is 0 Å². The number of pyridine rings is 1. The molecule has 1 N–H and O–H groups in total. The predicted octanol–water partition coefficient (Wildman–Crippen LogP) is 2.89. The van der Waals surface area contributed by atoms with Crippen LogP contribution in [-0.4, -0.2) is 16.3 Å². The number of aliphatic hydroxyl groups is 1. The summed E-state index contributed by atoms with van der Waals surface area (Å²) in [5.41, 5.74) is 1.55. The Morgan fingerprint density at radius 2 is 1.88 bits per heavy atom. The van der Waals surface area contributed by atoms with Crippen LogP contribution in [0.2, 0.25) is 0 Å². The van der Waals surface area contributed by atoms with Gasteiger partial charge in [-0.05, 0) is 36.1 Å². The summed E-state index contributed by atoms with van der Waals surface area (Å²) in [5.74, 6) is 0. The van der Waals surface area contributed by atoms with Crippen LogP contribution in [0.25, 0.3) is 0 Å². The monoisotopic (exact) mass is 231 g/mol. The number of nitrogens with zero attached hydrogens (tertiary/aromatic N) is 1. The minimum Gasteiger partial charge on any atom is -0.382 e. The Hall–Kier alpha value is -1.32. The highest BCUT2D eigenvalue weighted by Gasteiger charge is 2.10. The number of rotatable bonds is 3. The van der Waals surface area contributed by atoms with Gasteiger partial charge >= 0.3 is 0 Å². The van der Waals surface area contributed by atoms with E-state index in [1.165, 1.54) is 4.90 Å². The zero-order chi connectivity index (χ0) is 11.4. The van der Waals surface area contributed by atoms with Crippen molar-refractivity contribution in [3.05, 3.63) is 59.9 Å². The zero-order valence-corrected chi connectivity index (χ0v) is 9.82. The lowest BCUT2D eigenvalue weighted by Crippen LogP contribution is -2.01. The number of benzene rings is 1. The van der Waals surface area contributed by atoms with Crippen LogP contribution in [0.5, 0.6) is 0 Å². The fourth-order valence-corrected chi connectivity index (χ4v) is 1.90. The second-order valence-electron chi connectivity index (χ2n) is 3.43. The van der Waals surface area contributed by atoms with Crippen LogP contribution in [0.3, 0.4) is 0 Å². The third-order valence-corrected chi connectivity index (χ3v) is 3.14. The SMILES string of the molecule is CSc1ccc([C@@H](O)c2ccccn2)cc1. The first kappa shape index (κ1) is 11.2. The van der Waals surface area contributed by atoms with E-state index >= 15 is 0 Å². The average Bonchev–Trinajstić information content (AvgIpc) is 2.39. The Bertz CT molecular complexity index is 441. The molecule has 0 aliphatic heterocycles. The first-order chi connectivity index (χ1) is 7.81. The molecular weight excluding hydrogens is 218 g/mol. The minimum absolute atomic E-state index is 0.642. The largest absolute Gasteiger partial charge is 0.382 e. The van der Waals surface area contributed by atoms with Crippen molar-refractivity contribution in [1.82, 2.24) is 4.98 Å². The number of hydrogen-bond donors (Lipinski definition) is 1. The molecule has 0 saturated heterocycles. The van der Waals surface area contributed by atoms with Gasteiger partial charge in [-0.25, -0.2) is 0 Å². The van der Waals surface area contributed by atoms with Gasteiger partial charge in [-0.1, -0.05) is 18.2 Å². The van der Waals surface area contributed by atoms with Crippen LogP contribution in [0.15, 0.2) is 53.6 Å². The van der Waals surface area contributed by atoms with E-state index in [0.29, 0.717) is 5.69 Å². The molecule has 3 heteroatoms. The summed E-state index contributed by atoms with van der Waals surface area (Å²) in [6.07, 6.45) is 3.08. The van der Waals surface area contributed by atoms with Gasteiger partial charge in [0.1, 0.15) is 6.10 Å². The van der Waals surface area contributed by atoms with Gasteiger partial charge in [0.05, 0.1) is 5.69 Å². The summed E-state index contributed by atoms with van der Waals surface area (Å²) in [7, 11) is 0. The van der Waals surface area contributed by atoms with Gasteiger partial charge in [0.15, 0.2) is 0 Å². The smallest absolute Gasteiger partial charge is 0.121 e. The maximum absolute atomic E-state index is 10.1. The van der Waals surface area contributed by atoms with E-state index in [9.17, 15) is 5.11 Å². The summed E-state index contributed by atoms with van der Waals surface area (Å²) < 4.78 is 0. The Balaban J connectivity index is 2.24. The summed E-state index contributed by atoms with van der Waals surface area (Å²) in [4.78, 5) is 5.33. The molecule has 0 aliphatic rings. The number of thioether (sulfide) groups is 1. The van der Waals surface area contributed by atoms with Crippen molar-refractivity contribution in [2.24, 2.45) is 0 Å². The highest BCUT2D eigenvalue weighted by molar-refractivity contribution is 7.98. The van der Waals surface area contributed by atoms with Crippen LogP contribution in [0.1, 0.15) is 17.4 Å². The van der Waals surface area contributed by atoms with Crippen LogP contribution in [-0.2, 0) is 0 Å². The van der Waals surface area contributed by atoms with E-state index in [0.717, 1.165) is 5.56 Å². The fraction of sp³-hybridized carbons (Fsp3) is 0.154. The van der Waals surface area contributed by atoms with Crippen LogP contribution in [0, 0.1) is 0 Å². The third-order valence-electron chi connectivity index (χ3n) is 2.40. The molecule has 0 saturated carbocycles. The van der Waals surface area contributed by atoms with Gasteiger partial charge in [-0.2, -0.15) is 0 Å². The van der Waals surface area contributed by atoms with E-state index in [2.05, 4.69) is 4.98 Å². The Labute approximate surface area is 99.4 Å². The molecule has 0 unspecified atom stereocenters. The zero-order valence-electron chi connectivity index (χ0n) is 9.00. The first-order valence-corrected chi connectivity index (χ1v) is 6.26. The molecule has 1 atom stereocenters. The van der Waals surface area contributed by atoms with Crippen LogP contribution >= 0.6 is 11.8 Å². The van der Waals surface area contributed by atoms with Gasteiger partial charge in [0.2, 0.25) is 0 Å². The Kier molecular flexibility index (Phi) is 3.59. The third kappa shape index (κ3) is 2.43. The highest BCUT2D eigenvalue weighted by Crippen LogP contribution is 2.22.